The van der Waals surface area contributed by atoms with Crippen LogP contribution in [0.15, 0.2) is 41.2 Å². The summed E-state index contributed by atoms with van der Waals surface area (Å²) in [6, 6.07) is 5.87. The van der Waals surface area contributed by atoms with Gasteiger partial charge in [0.05, 0.1) is 19.3 Å². The minimum Gasteiger partial charge on any atom is -0.478 e. The average Bonchev–Trinajstić information content (AvgIpc) is 3.24. The summed E-state index contributed by atoms with van der Waals surface area (Å²) in [5.74, 6) is -2.07. The first-order chi connectivity index (χ1) is 12.0. The van der Waals surface area contributed by atoms with Gasteiger partial charge >= 0.3 is 5.97 Å². The van der Waals surface area contributed by atoms with E-state index in [1.54, 1.807) is 12.1 Å². The molecule has 3 rings (SSSR count). The smallest absolute Gasteiger partial charge is 0.341 e. The first kappa shape index (κ1) is 16.3. The van der Waals surface area contributed by atoms with Crippen molar-refractivity contribution in [3.8, 4) is 0 Å². The second-order valence-electron chi connectivity index (χ2n) is 5.09. The van der Waals surface area contributed by atoms with E-state index < -0.39 is 11.9 Å². The third-order valence-electron chi connectivity index (χ3n) is 3.32. The van der Waals surface area contributed by atoms with Crippen molar-refractivity contribution in [2.45, 2.75) is 13.1 Å². The molecule has 9 nitrogen and oxygen atoms in total. The molecule has 1 aromatic carbocycles. The number of carboxylic acids is 1. The van der Waals surface area contributed by atoms with Crippen molar-refractivity contribution in [2.75, 3.05) is 0 Å². The van der Waals surface area contributed by atoms with Crippen LogP contribution in [0.5, 0.6) is 0 Å². The number of aromatic nitrogens is 4. The van der Waals surface area contributed by atoms with Crippen LogP contribution in [-0.2, 0) is 13.1 Å². The Morgan fingerprint density at radius 1 is 1.28 bits per heavy atom. The Morgan fingerprint density at radius 3 is 2.76 bits per heavy atom. The molecule has 0 fully saturated rings. The zero-order valence-corrected chi connectivity index (χ0v) is 12.7. The maximum absolute atomic E-state index is 12.9. The molecule has 2 N–H and O–H groups in total. The molecule has 0 unspecified atom stereocenters. The van der Waals surface area contributed by atoms with E-state index in [9.17, 15) is 14.0 Å². The Bertz CT molecular complexity index is 903. The summed E-state index contributed by atoms with van der Waals surface area (Å²) in [6.07, 6.45) is 2.42. The number of nitrogens with zero attached hydrogens (tertiary/aromatic N) is 4. The van der Waals surface area contributed by atoms with Crippen LogP contribution in [0.25, 0.3) is 0 Å². The Morgan fingerprint density at radius 2 is 2.04 bits per heavy atom. The van der Waals surface area contributed by atoms with Gasteiger partial charge in [0.1, 0.15) is 23.3 Å². The van der Waals surface area contributed by atoms with Crippen molar-refractivity contribution in [1.82, 2.24) is 25.5 Å². The summed E-state index contributed by atoms with van der Waals surface area (Å²) in [7, 11) is 0. The molecule has 0 atom stereocenters. The minimum absolute atomic E-state index is 0.0579. The third kappa shape index (κ3) is 3.86. The van der Waals surface area contributed by atoms with E-state index in [1.807, 2.05) is 0 Å². The predicted octanol–water partition coefficient (Wildman–Crippen LogP) is 1.08. The van der Waals surface area contributed by atoms with E-state index in [4.69, 9.17) is 5.11 Å². The quantitative estimate of drug-likeness (QED) is 0.685. The highest BCUT2D eigenvalue weighted by atomic mass is 19.1. The van der Waals surface area contributed by atoms with Crippen LogP contribution in [0, 0.1) is 5.82 Å². The average molecular weight is 345 g/mol. The summed E-state index contributed by atoms with van der Waals surface area (Å²) < 4.78 is 18.9. The Labute approximate surface area is 140 Å². The van der Waals surface area contributed by atoms with E-state index in [0.29, 0.717) is 6.54 Å². The molecular formula is C15H12FN5O4. The Kier molecular flexibility index (Phi) is 4.50. The van der Waals surface area contributed by atoms with Crippen molar-refractivity contribution in [2.24, 2.45) is 0 Å². The fourth-order valence-electron chi connectivity index (χ4n) is 2.07. The number of hydrogen-bond acceptors (Lipinski definition) is 6. The number of nitrogens with one attached hydrogen (secondary N) is 1. The lowest BCUT2D eigenvalue weighted by molar-refractivity contribution is 0.0693. The molecule has 0 saturated heterocycles. The van der Waals surface area contributed by atoms with Crippen molar-refractivity contribution in [3.63, 3.8) is 0 Å². The number of hydrogen-bond donors (Lipinski definition) is 2. The van der Waals surface area contributed by atoms with Gasteiger partial charge in [-0.15, -0.1) is 5.10 Å². The van der Waals surface area contributed by atoms with Crippen LogP contribution in [0.4, 0.5) is 4.39 Å². The van der Waals surface area contributed by atoms with Crippen molar-refractivity contribution < 1.29 is 23.6 Å². The topological polar surface area (TPSA) is 123 Å². The van der Waals surface area contributed by atoms with E-state index in [-0.39, 0.29) is 29.3 Å². The number of halogens is 1. The van der Waals surface area contributed by atoms with Gasteiger partial charge in [-0.1, -0.05) is 22.5 Å². The molecule has 0 radical (unpaired) electrons. The van der Waals surface area contributed by atoms with Gasteiger partial charge < -0.3 is 14.9 Å². The zero-order valence-electron chi connectivity index (χ0n) is 12.7. The van der Waals surface area contributed by atoms with Crippen LogP contribution in [0.2, 0.25) is 0 Å². The standard InChI is InChI=1S/C15H12FN5O4/c16-10-3-1-9(2-4-10)6-21-7-13(18-20-21)14(22)17-5-12-11(15(23)24)8-25-19-12/h1-4,7-8H,5-6H2,(H,17,22)(H,23,24). The van der Waals surface area contributed by atoms with Crippen LogP contribution in [0.3, 0.4) is 0 Å². The highest BCUT2D eigenvalue weighted by molar-refractivity contribution is 5.92. The molecule has 0 aliphatic heterocycles. The largest absolute Gasteiger partial charge is 0.478 e. The van der Waals surface area contributed by atoms with Crippen LogP contribution in [0.1, 0.15) is 32.1 Å². The SMILES string of the molecule is O=C(NCc1nocc1C(=O)O)c1cn(Cc2ccc(F)cc2)nn1. The van der Waals surface area contributed by atoms with E-state index in [2.05, 4.69) is 25.3 Å². The van der Waals surface area contributed by atoms with Gasteiger partial charge in [-0.3, -0.25) is 4.79 Å². The van der Waals surface area contributed by atoms with Gasteiger partial charge in [-0.25, -0.2) is 13.9 Å². The van der Waals surface area contributed by atoms with Crippen LogP contribution >= 0.6 is 0 Å². The summed E-state index contributed by atoms with van der Waals surface area (Å²) in [5.41, 5.74) is 0.828. The second-order valence-corrected chi connectivity index (χ2v) is 5.09. The molecule has 0 saturated carbocycles. The number of rotatable bonds is 6. The number of benzene rings is 1. The van der Waals surface area contributed by atoms with Gasteiger partial charge in [0.25, 0.3) is 5.91 Å². The number of amides is 1. The monoisotopic (exact) mass is 345 g/mol. The molecule has 10 heteroatoms. The number of aromatic carboxylic acids is 1. The van der Waals surface area contributed by atoms with Crippen LogP contribution < -0.4 is 5.32 Å². The number of carbonyl (C=O) groups is 2. The fourth-order valence-corrected chi connectivity index (χ4v) is 2.07. The molecule has 25 heavy (non-hydrogen) atoms. The van der Waals surface area contributed by atoms with Gasteiger partial charge in [-0.05, 0) is 17.7 Å². The third-order valence-corrected chi connectivity index (χ3v) is 3.32. The van der Waals surface area contributed by atoms with Gasteiger partial charge in [0.2, 0.25) is 0 Å². The molecule has 0 bridgehead atoms. The number of carbonyl (C=O) groups excluding carboxylic acids is 1. The zero-order chi connectivity index (χ0) is 17.8. The first-order valence-electron chi connectivity index (χ1n) is 7.12. The lowest BCUT2D eigenvalue weighted by atomic mass is 10.2. The summed E-state index contributed by atoms with van der Waals surface area (Å²) in [6.45, 7) is 0.203. The Hall–Kier alpha value is -3.56. The number of carboxylic acid groups (broad SMARTS) is 1. The molecule has 2 aromatic heterocycles. The molecule has 0 aliphatic rings. The van der Waals surface area contributed by atoms with Crippen molar-refractivity contribution in [3.05, 3.63) is 65.1 Å². The molecule has 0 aliphatic carbocycles. The molecule has 128 valence electrons. The lowest BCUT2D eigenvalue weighted by Gasteiger charge is -2.01. The normalized spacial score (nSPS) is 10.6. The van der Waals surface area contributed by atoms with Crippen molar-refractivity contribution in [1.29, 1.82) is 0 Å². The Balaban J connectivity index is 1.61. The van der Waals surface area contributed by atoms with E-state index in [1.165, 1.54) is 23.0 Å². The summed E-state index contributed by atoms with van der Waals surface area (Å²) in [4.78, 5) is 23.0. The van der Waals surface area contributed by atoms with Gasteiger partial charge in [0, 0.05) is 0 Å². The van der Waals surface area contributed by atoms with Crippen molar-refractivity contribution >= 4 is 11.9 Å². The summed E-state index contributed by atoms with van der Waals surface area (Å²) in [5, 5.41) is 22.5. The lowest BCUT2D eigenvalue weighted by Crippen LogP contribution is -2.24. The molecular weight excluding hydrogens is 333 g/mol. The highest BCUT2D eigenvalue weighted by Crippen LogP contribution is 2.07. The predicted molar refractivity (Wildman–Crippen MR) is 80.2 cm³/mol. The molecule has 2 heterocycles. The fraction of sp³-hybridized carbons (Fsp3) is 0.133. The summed E-state index contributed by atoms with van der Waals surface area (Å²) >= 11 is 0. The second kappa shape index (κ2) is 6.91. The molecule has 3 aromatic rings. The highest BCUT2D eigenvalue weighted by Gasteiger charge is 2.17. The first-order valence-corrected chi connectivity index (χ1v) is 7.12. The van der Waals surface area contributed by atoms with E-state index >= 15 is 0 Å². The van der Waals surface area contributed by atoms with Gasteiger partial charge in [-0.2, -0.15) is 0 Å². The van der Waals surface area contributed by atoms with Gasteiger partial charge in [0.15, 0.2) is 5.69 Å². The maximum atomic E-state index is 12.9. The van der Waals surface area contributed by atoms with E-state index in [0.717, 1.165) is 11.8 Å². The van der Waals surface area contributed by atoms with Crippen LogP contribution in [-0.4, -0.2) is 37.1 Å². The minimum atomic E-state index is -1.20. The maximum Gasteiger partial charge on any atom is 0.341 e. The molecule has 0 spiro atoms. The molecule has 1 amide bonds.